The number of aromatic amines is 1. The van der Waals surface area contributed by atoms with E-state index in [9.17, 15) is 9.59 Å². The van der Waals surface area contributed by atoms with Crippen LogP contribution < -0.4 is 24.4 Å². The molecule has 0 aliphatic carbocycles. The van der Waals surface area contributed by atoms with Gasteiger partial charge in [-0.25, -0.2) is 9.79 Å². The van der Waals surface area contributed by atoms with Crippen LogP contribution in [0.2, 0.25) is 0 Å². The third-order valence-electron chi connectivity index (χ3n) is 7.40. The van der Waals surface area contributed by atoms with E-state index in [4.69, 9.17) is 19.2 Å². The number of nitrogens with zero attached hydrogens (tertiary/aromatic N) is 2. The summed E-state index contributed by atoms with van der Waals surface area (Å²) >= 11 is 4.84. The number of nitrogens with one attached hydrogen (secondary N) is 1. The Balaban J connectivity index is 1.62. The average molecular weight is 659 g/mol. The summed E-state index contributed by atoms with van der Waals surface area (Å²) in [6.45, 7) is 3.72. The van der Waals surface area contributed by atoms with E-state index in [1.807, 2.05) is 66.7 Å². The van der Waals surface area contributed by atoms with Crippen molar-refractivity contribution in [1.29, 1.82) is 0 Å². The highest BCUT2D eigenvalue weighted by Crippen LogP contribution is 2.37. The Hall–Kier alpha value is -4.41. The van der Waals surface area contributed by atoms with Crippen LogP contribution in [0.4, 0.5) is 0 Å². The molecule has 43 heavy (non-hydrogen) atoms. The number of fused-ring (bicyclic) bond motifs is 2. The molecule has 0 unspecified atom stereocenters. The summed E-state index contributed by atoms with van der Waals surface area (Å²) in [5.41, 5.74) is 4.82. The van der Waals surface area contributed by atoms with Crippen LogP contribution in [-0.4, -0.2) is 36.3 Å². The van der Waals surface area contributed by atoms with Gasteiger partial charge < -0.3 is 19.2 Å². The van der Waals surface area contributed by atoms with Crippen molar-refractivity contribution in [1.82, 2.24) is 9.55 Å². The molecule has 1 aliphatic heterocycles. The minimum absolute atomic E-state index is 0.200. The first-order valence-corrected chi connectivity index (χ1v) is 15.2. The van der Waals surface area contributed by atoms with E-state index in [-0.39, 0.29) is 12.2 Å². The van der Waals surface area contributed by atoms with Crippen molar-refractivity contribution >= 4 is 50.2 Å². The molecule has 1 atom stereocenters. The van der Waals surface area contributed by atoms with Gasteiger partial charge in [0.05, 0.1) is 58.4 Å². The molecule has 0 saturated carbocycles. The summed E-state index contributed by atoms with van der Waals surface area (Å²) in [5.74, 6) is 0.832. The maximum atomic E-state index is 14.3. The van der Waals surface area contributed by atoms with Crippen LogP contribution in [0.3, 0.4) is 0 Å². The number of rotatable bonds is 7. The van der Waals surface area contributed by atoms with Gasteiger partial charge in [-0.05, 0) is 65.2 Å². The summed E-state index contributed by atoms with van der Waals surface area (Å²) < 4.78 is 19.3. The molecule has 0 radical (unpaired) electrons. The number of thiazole rings is 1. The molecule has 1 N–H and O–H groups in total. The summed E-state index contributed by atoms with van der Waals surface area (Å²) in [6.07, 6.45) is 1.90. The van der Waals surface area contributed by atoms with Gasteiger partial charge in [0, 0.05) is 10.9 Å². The van der Waals surface area contributed by atoms with Gasteiger partial charge in [0.25, 0.3) is 5.56 Å². The molecular weight excluding hydrogens is 630 g/mol. The molecule has 3 aromatic carbocycles. The van der Waals surface area contributed by atoms with E-state index < -0.39 is 12.0 Å². The minimum atomic E-state index is -0.740. The third kappa shape index (κ3) is 5.00. The van der Waals surface area contributed by atoms with Crippen molar-refractivity contribution in [3.8, 4) is 22.8 Å². The standard InChI is InChI=1S/C33H28BrN3O5S/c1-5-42-32(39)27-18(2)35-33-37(30(27)20-14-15-24(40-3)23(34)16-20)31(38)26(43-33)17-22-21-12-9-13-25(41-4)29(21)36-28(22)19-10-7-6-8-11-19/h6-17,30,36H,5H2,1-4H3/b26-17+/t30-/m1/s1. The van der Waals surface area contributed by atoms with Crippen LogP contribution in [0.5, 0.6) is 11.5 Å². The fourth-order valence-electron chi connectivity index (χ4n) is 5.45. The first kappa shape index (κ1) is 28.7. The van der Waals surface area contributed by atoms with Crippen LogP contribution in [-0.2, 0) is 9.53 Å². The predicted octanol–water partition coefficient (Wildman–Crippen LogP) is 5.73. The number of carbonyl (C=O) groups is 1. The molecule has 0 amide bonds. The molecule has 8 nitrogen and oxygen atoms in total. The van der Waals surface area contributed by atoms with E-state index >= 15 is 0 Å². The maximum absolute atomic E-state index is 14.3. The van der Waals surface area contributed by atoms with Crippen LogP contribution in [0, 0.1) is 0 Å². The molecule has 0 saturated heterocycles. The zero-order chi connectivity index (χ0) is 30.2. The molecule has 0 bridgehead atoms. The van der Waals surface area contributed by atoms with Crippen LogP contribution in [0.25, 0.3) is 28.2 Å². The molecule has 0 fully saturated rings. The highest BCUT2D eigenvalue weighted by atomic mass is 79.9. The molecule has 5 aromatic rings. The Morgan fingerprint density at radius 2 is 1.84 bits per heavy atom. The lowest BCUT2D eigenvalue weighted by molar-refractivity contribution is -0.139. The topological polar surface area (TPSA) is 94.9 Å². The molecule has 1 aliphatic rings. The van der Waals surface area contributed by atoms with Gasteiger partial charge >= 0.3 is 5.97 Å². The number of hydrogen-bond donors (Lipinski definition) is 1. The van der Waals surface area contributed by atoms with E-state index in [0.29, 0.717) is 36.6 Å². The lowest BCUT2D eigenvalue weighted by atomic mass is 9.96. The number of esters is 1. The smallest absolute Gasteiger partial charge is 0.338 e. The molecule has 3 heterocycles. The second-order valence-corrected chi connectivity index (χ2v) is 11.7. The van der Waals surface area contributed by atoms with Crippen molar-refractivity contribution in [2.45, 2.75) is 19.9 Å². The first-order chi connectivity index (χ1) is 20.9. The fraction of sp³-hybridized carbons (Fsp3) is 0.182. The van der Waals surface area contributed by atoms with Gasteiger partial charge in [0.15, 0.2) is 4.80 Å². The van der Waals surface area contributed by atoms with Crippen molar-refractivity contribution in [3.05, 3.63) is 113 Å². The van der Waals surface area contributed by atoms with Crippen molar-refractivity contribution in [2.24, 2.45) is 4.99 Å². The monoisotopic (exact) mass is 657 g/mol. The highest BCUT2D eigenvalue weighted by molar-refractivity contribution is 9.10. The van der Waals surface area contributed by atoms with Crippen molar-refractivity contribution < 1.29 is 19.0 Å². The Bertz CT molecular complexity index is 2090. The quantitative estimate of drug-likeness (QED) is 0.226. The summed E-state index contributed by atoms with van der Waals surface area (Å²) in [6, 6.07) is 20.6. The summed E-state index contributed by atoms with van der Waals surface area (Å²) in [5, 5.41) is 0.920. The maximum Gasteiger partial charge on any atom is 0.338 e. The lowest BCUT2D eigenvalue weighted by Crippen LogP contribution is -2.40. The second kappa shape index (κ2) is 11.7. The first-order valence-electron chi connectivity index (χ1n) is 13.6. The Morgan fingerprint density at radius 3 is 2.53 bits per heavy atom. The average Bonchev–Trinajstić information content (AvgIpc) is 3.53. The normalized spacial score (nSPS) is 14.9. The van der Waals surface area contributed by atoms with Crippen LogP contribution in [0.1, 0.15) is 31.0 Å². The highest BCUT2D eigenvalue weighted by Gasteiger charge is 2.33. The molecule has 0 spiro atoms. The van der Waals surface area contributed by atoms with E-state index in [1.165, 1.54) is 11.3 Å². The molecule has 10 heteroatoms. The number of allylic oxidation sites excluding steroid dienone is 1. The number of ether oxygens (including phenoxy) is 3. The van der Waals surface area contributed by atoms with Gasteiger partial charge in [-0.15, -0.1) is 0 Å². The summed E-state index contributed by atoms with van der Waals surface area (Å²) in [4.78, 5) is 36.3. The van der Waals surface area contributed by atoms with E-state index in [2.05, 4.69) is 20.9 Å². The molecule has 2 aromatic heterocycles. The minimum Gasteiger partial charge on any atom is -0.496 e. The van der Waals surface area contributed by atoms with Gasteiger partial charge in [-0.2, -0.15) is 0 Å². The number of para-hydroxylation sites is 1. The number of H-pyrrole nitrogens is 1. The van der Waals surface area contributed by atoms with Crippen molar-refractivity contribution in [3.63, 3.8) is 0 Å². The Morgan fingerprint density at radius 1 is 1.07 bits per heavy atom. The molecular formula is C33H28BrN3O5S. The van der Waals surface area contributed by atoms with Crippen LogP contribution >= 0.6 is 27.3 Å². The number of aromatic nitrogens is 2. The van der Waals surface area contributed by atoms with Crippen molar-refractivity contribution in [2.75, 3.05) is 20.8 Å². The number of halogens is 1. The Kier molecular flexibility index (Phi) is 7.81. The van der Waals surface area contributed by atoms with Gasteiger partial charge in [-0.1, -0.05) is 59.9 Å². The van der Waals surface area contributed by atoms with Gasteiger partial charge in [0.1, 0.15) is 11.5 Å². The second-order valence-electron chi connectivity index (χ2n) is 9.86. The molecule has 218 valence electrons. The largest absolute Gasteiger partial charge is 0.496 e. The number of carbonyl (C=O) groups excluding carboxylic acids is 1. The molecule has 6 rings (SSSR count). The van der Waals surface area contributed by atoms with Gasteiger partial charge in [-0.3, -0.25) is 9.36 Å². The predicted molar refractivity (Wildman–Crippen MR) is 171 cm³/mol. The zero-order valence-corrected chi connectivity index (χ0v) is 26.3. The number of benzene rings is 3. The Labute approximate surface area is 259 Å². The van der Waals surface area contributed by atoms with Gasteiger partial charge in [0.2, 0.25) is 0 Å². The van der Waals surface area contributed by atoms with E-state index in [1.54, 1.807) is 38.7 Å². The third-order valence-corrected chi connectivity index (χ3v) is 9.00. The lowest BCUT2D eigenvalue weighted by Gasteiger charge is -2.25. The van der Waals surface area contributed by atoms with E-state index in [0.717, 1.165) is 33.3 Å². The van der Waals surface area contributed by atoms with Crippen LogP contribution in [0.15, 0.2) is 92.3 Å². The zero-order valence-electron chi connectivity index (χ0n) is 23.9. The number of methoxy groups -OCH3 is 2. The SMILES string of the molecule is CCOC(=O)C1=C(C)N=c2s/c(=C/c3c(-c4ccccc4)[nH]c4c(OC)cccc34)c(=O)n2[C@@H]1c1ccc(OC)c(Br)c1. The summed E-state index contributed by atoms with van der Waals surface area (Å²) in [7, 11) is 3.22. The fourth-order valence-corrected chi connectivity index (χ4v) is 7.04. The number of hydrogen-bond acceptors (Lipinski definition) is 7.